The topological polar surface area (TPSA) is 55.1 Å². The van der Waals surface area contributed by atoms with Gasteiger partial charge in [-0.15, -0.1) is 0 Å². The molecule has 0 aliphatic carbocycles. The molecule has 0 spiro atoms. The normalized spacial score (nSPS) is 10.5. The van der Waals surface area contributed by atoms with Gasteiger partial charge in [-0.1, -0.05) is 29.3 Å². The van der Waals surface area contributed by atoms with E-state index in [1.807, 2.05) is 0 Å². The van der Waals surface area contributed by atoms with Crippen molar-refractivity contribution >= 4 is 29.2 Å². The number of halogens is 2. The summed E-state index contributed by atoms with van der Waals surface area (Å²) in [5.74, 6) is -0.949. The molecule has 0 amide bonds. The van der Waals surface area contributed by atoms with Gasteiger partial charge in [0.25, 0.3) is 0 Å². The van der Waals surface area contributed by atoms with Crippen molar-refractivity contribution in [2.45, 2.75) is 6.54 Å². The van der Waals surface area contributed by atoms with E-state index in [9.17, 15) is 4.79 Å². The van der Waals surface area contributed by atoms with Gasteiger partial charge in [0.1, 0.15) is 6.54 Å². The van der Waals surface area contributed by atoms with Crippen LogP contribution < -0.4 is 0 Å². The smallest absolute Gasteiger partial charge is 0.325 e. The fraction of sp³-hybridized carbons (Fsp3) is 0.0909. The molecule has 0 radical (unpaired) electrons. The number of nitrogens with zero attached hydrogens (tertiary/aromatic N) is 2. The minimum Gasteiger partial charge on any atom is -0.480 e. The molecule has 1 aromatic heterocycles. The Bertz CT molecular complexity index is 566. The first-order valence-corrected chi connectivity index (χ1v) is 5.52. The number of hydrogen-bond acceptors (Lipinski definition) is 2. The molecule has 2 aromatic rings. The Morgan fingerprint density at radius 1 is 1.29 bits per heavy atom. The summed E-state index contributed by atoms with van der Waals surface area (Å²) in [6.45, 7) is -0.192. The van der Waals surface area contributed by atoms with Gasteiger partial charge in [0.05, 0.1) is 15.7 Å². The molecule has 1 heterocycles. The first-order valence-electron chi connectivity index (χ1n) is 4.77. The van der Waals surface area contributed by atoms with Crippen LogP contribution in [0.15, 0.2) is 30.5 Å². The van der Waals surface area contributed by atoms with E-state index in [1.165, 1.54) is 4.68 Å². The molecule has 0 saturated heterocycles. The third-order valence-electron chi connectivity index (χ3n) is 2.22. The number of rotatable bonds is 3. The van der Waals surface area contributed by atoms with Crippen LogP contribution in [0.25, 0.3) is 11.3 Å². The van der Waals surface area contributed by atoms with Crippen LogP contribution in [0.4, 0.5) is 0 Å². The molecule has 1 N–H and O–H groups in total. The second kappa shape index (κ2) is 4.77. The number of hydrogen-bond donors (Lipinski definition) is 1. The van der Waals surface area contributed by atoms with Crippen molar-refractivity contribution in [1.82, 2.24) is 9.78 Å². The molecule has 0 fully saturated rings. The average molecular weight is 271 g/mol. The van der Waals surface area contributed by atoms with Gasteiger partial charge in [-0.05, 0) is 18.2 Å². The van der Waals surface area contributed by atoms with Crippen LogP contribution in [0, 0.1) is 0 Å². The highest BCUT2D eigenvalue weighted by Crippen LogP contribution is 2.28. The van der Waals surface area contributed by atoms with Crippen molar-refractivity contribution in [2.24, 2.45) is 0 Å². The van der Waals surface area contributed by atoms with Crippen LogP contribution in [0.2, 0.25) is 10.0 Å². The predicted molar refractivity (Wildman–Crippen MR) is 65.3 cm³/mol. The number of aromatic nitrogens is 2. The Kier molecular flexibility index (Phi) is 3.36. The zero-order chi connectivity index (χ0) is 12.4. The van der Waals surface area contributed by atoms with E-state index >= 15 is 0 Å². The second-order valence-corrected chi connectivity index (χ2v) is 4.21. The van der Waals surface area contributed by atoms with Crippen LogP contribution >= 0.6 is 23.2 Å². The SMILES string of the molecule is O=C(O)Cn1nccc1-c1ccc(Cl)c(Cl)c1. The fourth-order valence-corrected chi connectivity index (χ4v) is 1.79. The minimum absolute atomic E-state index is 0.192. The zero-order valence-electron chi connectivity index (χ0n) is 8.60. The minimum atomic E-state index is -0.949. The molecule has 0 saturated carbocycles. The van der Waals surface area contributed by atoms with Crippen molar-refractivity contribution in [1.29, 1.82) is 0 Å². The van der Waals surface area contributed by atoms with Gasteiger partial charge in [0.15, 0.2) is 0 Å². The molecule has 88 valence electrons. The zero-order valence-corrected chi connectivity index (χ0v) is 10.1. The van der Waals surface area contributed by atoms with Gasteiger partial charge >= 0.3 is 5.97 Å². The standard InChI is InChI=1S/C11H8Cl2N2O2/c12-8-2-1-7(5-9(8)13)10-3-4-14-15(10)6-11(16)17/h1-5H,6H2,(H,16,17). The molecular weight excluding hydrogens is 263 g/mol. The maximum Gasteiger partial charge on any atom is 0.325 e. The van der Waals surface area contributed by atoms with Gasteiger partial charge in [0, 0.05) is 11.8 Å². The van der Waals surface area contributed by atoms with Crippen molar-refractivity contribution in [3.8, 4) is 11.3 Å². The van der Waals surface area contributed by atoms with Gasteiger partial charge in [0.2, 0.25) is 0 Å². The lowest BCUT2D eigenvalue weighted by molar-refractivity contribution is -0.137. The lowest BCUT2D eigenvalue weighted by Gasteiger charge is -2.06. The highest BCUT2D eigenvalue weighted by atomic mass is 35.5. The largest absolute Gasteiger partial charge is 0.480 e. The molecule has 0 atom stereocenters. The third kappa shape index (κ3) is 2.60. The van der Waals surface area contributed by atoms with E-state index in [0.717, 1.165) is 5.56 Å². The molecule has 6 heteroatoms. The number of carboxylic acids is 1. The highest BCUT2D eigenvalue weighted by molar-refractivity contribution is 6.42. The van der Waals surface area contributed by atoms with E-state index in [2.05, 4.69) is 5.10 Å². The Morgan fingerprint density at radius 2 is 2.06 bits per heavy atom. The molecule has 0 unspecified atom stereocenters. The summed E-state index contributed by atoms with van der Waals surface area (Å²) in [5, 5.41) is 13.6. The van der Waals surface area contributed by atoms with Crippen molar-refractivity contribution in [2.75, 3.05) is 0 Å². The van der Waals surface area contributed by atoms with Gasteiger partial charge in [-0.2, -0.15) is 5.10 Å². The maximum absolute atomic E-state index is 10.7. The molecule has 2 rings (SSSR count). The van der Waals surface area contributed by atoms with Gasteiger partial charge in [-0.25, -0.2) is 0 Å². The summed E-state index contributed by atoms with van der Waals surface area (Å²) >= 11 is 11.7. The fourth-order valence-electron chi connectivity index (χ4n) is 1.49. The molecule has 0 aliphatic rings. The Balaban J connectivity index is 2.42. The Hall–Kier alpha value is -1.52. The third-order valence-corrected chi connectivity index (χ3v) is 2.96. The van der Waals surface area contributed by atoms with E-state index in [4.69, 9.17) is 28.3 Å². The van der Waals surface area contributed by atoms with Gasteiger partial charge in [-0.3, -0.25) is 9.48 Å². The summed E-state index contributed by atoms with van der Waals surface area (Å²) < 4.78 is 1.39. The first-order chi connectivity index (χ1) is 8.08. The molecule has 17 heavy (non-hydrogen) atoms. The van der Waals surface area contributed by atoms with E-state index in [0.29, 0.717) is 15.7 Å². The predicted octanol–water partition coefficient (Wildman–Crippen LogP) is 2.94. The van der Waals surface area contributed by atoms with E-state index in [1.54, 1.807) is 30.5 Å². The average Bonchev–Trinajstić information content (AvgIpc) is 2.69. The van der Waals surface area contributed by atoms with Crippen molar-refractivity contribution in [3.63, 3.8) is 0 Å². The van der Waals surface area contributed by atoms with Crippen molar-refractivity contribution in [3.05, 3.63) is 40.5 Å². The van der Waals surface area contributed by atoms with Crippen LogP contribution in [0.1, 0.15) is 0 Å². The Labute approximate surface area is 107 Å². The van der Waals surface area contributed by atoms with Crippen LogP contribution in [-0.2, 0) is 11.3 Å². The quantitative estimate of drug-likeness (QED) is 0.933. The first kappa shape index (κ1) is 12.0. The summed E-state index contributed by atoms with van der Waals surface area (Å²) in [4.78, 5) is 10.7. The van der Waals surface area contributed by atoms with E-state index in [-0.39, 0.29) is 6.54 Å². The maximum atomic E-state index is 10.7. The Morgan fingerprint density at radius 3 is 2.71 bits per heavy atom. The number of aliphatic carboxylic acids is 1. The summed E-state index contributed by atoms with van der Waals surface area (Å²) in [5.41, 5.74) is 1.46. The second-order valence-electron chi connectivity index (χ2n) is 3.40. The van der Waals surface area contributed by atoms with Crippen LogP contribution in [-0.4, -0.2) is 20.9 Å². The molecular formula is C11H8Cl2N2O2. The van der Waals surface area contributed by atoms with Gasteiger partial charge < -0.3 is 5.11 Å². The number of carbonyl (C=O) groups is 1. The monoisotopic (exact) mass is 270 g/mol. The van der Waals surface area contributed by atoms with E-state index < -0.39 is 5.97 Å². The summed E-state index contributed by atoms with van der Waals surface area (Å²) in [6, 6.07) is 6.84. The number of carboxylic acid groups (broad SMARTS) is 1. The van der Waals surface area contributed by atoms with Crippen molar-refractivity contribution < 1.29 is 9.90 Å². The van der Waals surface area contributed by atoms with Crippen LogP contribution in [0.5, 0.6) is 0 Å². The number of benzene rings is 1. The molecule has 1 aromatic carbocycles. The lowest BCUT2D eigenvalue weighted by atomic mass is 10.1. The molecule has 0 bridgehead atoms. The summed E-state index contributed by atoms with van der Waals surface area (Å²) in [7, 11) is 0. The lowest BCUT2D eigenvalue weighted by Crippen LogP contribution is -2.11. The molecule has 4 nitrogen and oxygen atoms in total. The highest BCUT2D eigenvalue weighted by Gasteiger charge is 2.09. The summed E-state index contributed by atoms with van der Waals surface area (Å²) in [6.07, 6.45) is 1.54. The molecule has 0 aliphatic heterocycles. The van der Waals surface area contributed by atoms with Crippen LogP contribution in [0.3, 0.4) is 0 Å².